The lowest BCUT2D eigenvalue weighted by Gasteiger charge is -2.30. The minimum atomic E-state index is -0.414. The van der Waals surface area contributed by atoms with Crippen molar-refractivity contribution in [2.45, 2.75) is 58.2 Å². The molecular weight excluding hydrogens is 216 g/mol. The number of nitrogens with two attached hydrogens (primary N) is 1. The van der Waals surface area contributed by atoms with E-state index in [0.29, 0.717) is 17.9 Å². The van der Waals surface area contributed by atoms with Crippen molar-refractivity contribution in [1.82, 2.24) is 4.90 Å². The summed E-state index contributed by atoms with van der Waals surface area (Å²) >= 11 is 0. The molecule has 1 saturated carbocycles. The van der Waals surface area contributed by atoms with Crippen molar-refractivity contribution < 1.29 is 9.53 Å². The van der Waals surface area contributed by atoms with Crippen LogP contribution in [0.4, 0.5) is 4.79 Å². The van der Waals surface area contributed by atoms with E-state index in [0.717, 1.165) is 13.0 Å². The average Bonchev–Trinajstić information content (AvgIpc) is 2.87. The van der Waals surface area contributed by atoms with E-state index in [1.807, 2.05) is 32.6 Å². The van der Waals surface area contributed by atoms with Crippen LogP contribution >= 0.6 is 0 Å². The van der Waals surface area contributed by atoms with Crippen molar-refractivity contribution >= 4 is 6.09 Å². The molecule has 0 spiro atoms. The molecule has 98 valence electrons. The van der Waals surface area contributed by atoms with E-state index >= 15 is 0 Å². The molecule has 2 unspecified atom stereocenters. The first-order valence-corrected chi connectivity index (χ1v) is 6.56. The standard InChI is InChI=1S/C13H24N2O2/c1-8(14)10-9-6-5-7-15(11(9)10)12(16)17-13(2,3)4/h8-11H,5-7,14H2,1-4H3/t8?,9-,10?,11-/m1/s1. The van der Waals surface area contributed by atoms with Gasteiger partial charge in [-0.15, -0.1) is 0 Å². The Balaban J connectivity index is 2.00. The first-order valence-electron chi connectivity index (χ1n) is 6.56. The van der Waals surface area contributed by atoms with Gasteiger partial charge in [0, 0.05) is 18.6 Å². The predicted octanol–water partition coefficient (Wildman–Crippen LogP) is 1.98. The number of amides is 1. The molecule has 0 aromatic carbocycles. The van der Waals surface area contributed by atoms with Crippen LogP contribution in [0, 0.1) is 11.8 Å². The van der Waals surface area contributed by atoms with Gasteiger partial charge in [0.05, 0.1) is 0 Å². The third kappa shape index (κ3) is 2.57. The summed E-state index contributed by atoms with van der Waals surface area (Å²) in [4.78, 5) is 14.0. The zero-order chi connectivity index (χ0) is 12.8. The molecule has 4 nitrogen and oxygen atoms in total. The van der Waals surface area contributed by atoms with Crippen molar-refractivity contribution in [3.8, 4) is 0 Å². The summed E-state index contributed by atoms with van der Waals surface area (Å²) in [6.07, 6.45) is 2.11. The minimum absolute atomic E-state index is 0.171. The van der Waals surface area contributed by atoms with Gasteiger partial charge in [-0.2, -0.15) is 0 Å². The highest BCUT2D eigenvalue weighted by molar-refractivity contribution is 5.69. The first-order chi connectivity index (χ1) is 7.81. The number of rotatable bonds is 1. The second-order valence-electron chi connectivity index (χ2n) is 6.41. The van der Waals surface area contributed by atoms with Crippen molar-refractivity contribution in [3.05, 3.63) is 0 Å². The molecule has 2 fully saturated rings. The number of likely N-dealkylation sites (tertiary alicyclic amines) is 1. The Hall–Kier alpha value is -0.770. The van der Waals surface area contributed by atoms with E-state index in [-0.39, 0.29) is 12.1 Å². The number of ether oxygens (including phenoxy) is 1. The SMILES string of the molecule is CC(N)C1[C@H]2CCCN(C(=O)OC(C)(C)C)[C@@H]12. The third-order valence-corrected chi connectivity index (χ3v) is 3.72. The molecular formula is C13H24N2O2. The van der Waals surface area contributed by atoms with Crippen molar-refractivity contribution in [2.75, 3.05) is 6.54 Å². The molecule has 2 rings (SSSR count). The Labute approximate surface area is 103 Å². The molecule has 2 N–H and O–H groups in total. The Bertz CT molecular complexity index is 309. The Morgan fingerprint density at radius 1 is 1.47 bits per heavy atom. The lowest BCUT2D eigenvalue weighted by Crippen LogP contribution is -2.42. The van der Waals surface area contributed by atoms with Crippen LogP contribution in [0.2, 0.25) is 0 Å². The Morgan fingerprint density at radius 3 is 2.65 bits per heavy atom. The summed E-state index contributed by atoms with van der Waals surface area (Å²) in [7, 11) is 0. The lowest BCUT2D eigenvalue weighted by molar-refractivity contribution is 0.0187. The maximum Gasteiger partial charge on any atom is 0.410 e. The summed E-state index contributed by atoms with van der Waals surface area (Å²) in [5, 5.41) is 0. The van der Waals surface area contributed by atoms with Gasteiger partial charge in [0.1, 0.15) is 5.60 Å². The van der Waals surface area contributed by atoms with Gasteiger partial charge >= 0.3 is 6.09 Å². The zero-order valence-corrected chi connectivity index (χ0v) is 11.3. The summed E-state index contributed by atoms with van der Waals surface area (Å²) < 4.78 is 5.45. The van der Waals surface area contributed by atoms with Crippen LogP contribution < -0.4 is 5.73 Å². The predicted molar refractivity (Wildman–Crippen MR) is 66.6 cm³/mol. The number of nitrogens with zero attached hydrogens (tertiary/aromatic N) is 1. The van der Waals surface area contributed by atoms with Gasteiger partial charge in [-0.1, -0.05) is 0 Å². The van der Waals surface area contributed by atoms with E-state index in [2.05, 4.69) is 0 Å². The van der Waals surface area contributed by atoms with Crippen LogP contribution in [-0.2, 0) is 4.74 Å². The number of piperidine rings is 1. The Morgan fingerprint density at radius 2 is 2.12 bits per heavy atom. The normalized spacial score (nSPS) is 33.9. The number of carbonyl (C=O) groups excluding carboxylic acids is 1. The molecule has 4 atom stereocenters. The topological polar surface area (TPSA) is 55.6 Å². The Kier molecular flexibility index (Phi) is 3.10. The molecule has 0 radical (unpaired) electrons. The zero-order valence-electron chi connectivity index (χ0n) is 11.3. The molecule has 1 saturated heterocycles. The number of hydrogen-bond donors (Lipinski definition) is 1. The van der Waals surface area contributed by atoms with E-state index < -0.39 is 5.60 Å². The van der Waals surface area contributed by atoms with E-state index in [4.69, 9.17) is 10.5 Å². The van der Waals surface area contributed by atoms with Crippen LogP contribution in [0.15, 0.2) is 0 Å². The van der Waals surface area contributed by atoms with Gasteiger partial charge in [-0.05, 0) is 52.4 Å². The molecule has 1 aliphatic carbocycles. The van der Waals surface area contributed by atoms with Gasteiger partial charge in [0.25, 0.3) is 0 Å². The van der Waals surface area contributed by atoms with Gasteiger partial charge < -0.3 is 15.4 Å². The van der Waals surface area contributed by atoms with Gasteiger partial charge in [-0.25, -0.2) is 4.79 Å². The highest BCUT2D eigenvalue weighted by Crippen LogP contribution is 2.51. The average molecular weight is 240 g/mol. The fraction of sp³-hybridized carbons (Fsp3) is 0.923. The third-order valence-electron chi connectivity index (χ3n) is 3.72. The summed E-state index contributed by atoms with van der Waals surface area (Å²) in [5.41, 5.74) is 5.55. The molecule has 2 aliphatic rings. The van der Waals surface area contributed by atoms with Gasteiger partial charge in [-0.3, -0.25) is 0 Å². The van der Waals surface area contributed by atoms with Crippen LogP contribution in [0.3, 0.4) is 0 Å². The summed E-state index contributed by atoms with van der Waals surface area (Å²) in [6, 6.07) is 0.506. The smallest absolute Gasteiger partial charge is 0.410 e. The highest BCUT2D eigenvalue weighted by atomic mass is 16.6. The molecule has 1 amide bonds. The number of hydrogen-bond acceptors (Lipinski definition) is 3. The van der Waals surface area contributed by atoms with Crippen LogP contribution in [-0.4, -0.2) is 35.2 Å². The number of fused-ring (bicyclic) bond motifs is 1. The van der Waals surface area contributed by atoms with Crippen LogP contribution in [0.25, 0.3) is 0 Å². The van der Waals surface area contributed by atoms with Crippen LogP contribution in [0.5, 0.6) is 0 Å². The minimum Gasteiger partial charge on any atom is -0.444 e. The van der Waals surface area contributed by atoms with Gasteiger partial charge in [0.15, 0.2) is 0 Å². The van der Waals surface area contributed by atoms with E-state index in [1.165, 1.54) is 6.42 Å². The monoisotopic (exact) mass is 240 g/mol. The lowest BCUT2D eigenvalue weighted by atomic mass is 10.1. The first kappa shape index (κ1) is 12.7. The van der Waals surface area contributed by atoms with Crippen molar-refractivity contribution in [2.24, 2.45) is 17.6 Å². The molecule has 0 aromatic rings. The number of carbonyl (C=O) groups is 1. The van der Waals surface area contributed by atoms with E-state index in [1.54, 1.807) is 0 Å². The molecule has 17 heavy (non-hydrogen) atoms. The summed E-state index contributed by atoms with van der Waals surface area (Å²) in [6.45, 7) is 8.57. The second kappa shape index (κ2) is 4.16. The summed E-state index contributed by atoms with van der Waals surface area (Å²) in [5.74, 6) is 1.08. The molecule has 0 aromatic heterocycles. The van der Waals surface area contributed by atoms with Crippen molar-refractivity contribution in [3.63, 3.8) is 0 Å². The molecule has 4 heteroatoms. The molecule has 1 aliphatic heterocycles. The molecule has 1 heterocycles. The van der Waals surface area contributed by atoms with E-state index in [9.17, 15) is 4.79 Å². The van der Waals surface area contributed by atoms with Crippen molar-refractivity contribution in [1.29, 1.82) is 0 Å². The highest BCUT2D eigenvalue weighted by Gasteiger charge is 2.58. The quantitative estimate of drug-likeness (QED) is 0.762. The van der Waals surface area contributed by atoms with Gasteiger partial charge in [0.2, 0.25) is 0 Å². The second-order valence-corrected chi connectivity index (χ2v) is 6.41. The van der Waals surface area contributed by atoms with Crippen LogP contribution in [0.1, 0.15) is 40.5 Å². The molecule has 0 bridgehead atoms. The maximum atomic E-state index is 12.1. The maximum absolute atomic E-state index is 12.1. The fourth-order valence-corrected chi connectivity index (χ4v) is 3.06. The fourth-order valence-electron chi connectivity index (χ4n) is 3.06. The largest absolute Gasteiger partial charge is 0.444 e.